The van der Waals surface area contributed by atoms with Crippen molar-refractivity contribution in [1.29, 1.82) is 0 Å². The quantitative estimate of drug-likeness (QED) is 0.168. The second-order valence-corrected chi connectivity index (χ2v) is 16.9. The first-order valence-corrected chi connectivity index (χ1v) is 22.1. The fourth-order valence-corrected chi connectivity index (χ4v) is 10.5. The molecule has 2 heterocycles. The highest BCUT2D eigenvalue weighted by Gasteiger charge is 2.53. The number of benzene rings is 9. The Bertz CT molecular complexity index is 3600. The van der Waals surface area contributed by atoms with Gasteiger partial charge >= 0.3 is 0 Å². The van der Waals surface area contributed by atoms with Gasteiger partial charge in [-0.3, -0.25) is 0 Å². The van der Waals surface area contributed by atoms with Gasteiger partial charge in [0, 0.05) is 33.2 Å². The summed E-state index contributed by atoms with van der Waals surface area (Å²) < 4.78 is 0. The molecule has 4 nitrogen and oxygen atoms in total. The van der Waals surface area contributed by atoms with Crippen LogP contribution in [0.4, 0.5) is 0 Å². The Morgan fingerprint density at radius 3 is 1.37 bits per heavy atom. The lowest BCUT2D eigenvalue weighted by molar-refractivity contribution is 0.801. The normalized spacial score (nSPS) is 14.2. The molecule has 1 unspecified atom stereocenters. The van der Waals surface area contributed by atoms with Crippen molar-refractivity contribution < 1.29 is 0 Å². The molecule has 2 aliphatic rings. The number of rotatable bonds is 6. The van der Waals surface area contributed by atoms with Crippen LogP contribution in [-0.4, -0.2) is 19.9 Å². The lowest BCUT2D eigenvalue weighted by atomic mass is 9.69. The Hall–Kier alpha value is -8.60. The highest BCUT2D eigenvalue weighted by atomic mass is 15.0. The van der Waals surface area contributed by atoms with E-state index < -0.39 is 5.41 Å². The molecule has 0 bridgehead atoms. The Balaban J connectivity index is 0.973. The standard InChI is InChI=1S/C61H38N4/c1-4-18-39(19-5-1)57-55-49-29-11-14-32-52(49)61(56(55)50-30-12-15-33-54(50)62-57)51-31-13-10-28-47(51)48-35-34-45(38-53(48)61)43-25-16-24-42(36-43)44-26-17-27-46(37-44)60-64-58(40-20-6-2-7-21-40)63-59(65-60)41-22-8-3-9-23-41/h1-38H. The van der Waals surface area contributed by atoms with Crippen LogP contribution in [-0.2, 0) is 5.41 Å². The summed E-state index contributed by atoms with van der Waals surface area (Å²) in [5.74, 6) is 1.92. The highest BCUT2D eigenvalue weighted by molar-refractivity contribution is 6.07. The molecule has 2 aromatic heterocycles. The number of hydrogen-bond donors (Lipinski definition) is 0. The molecule has 13 rings (SSSR count). The van der Waals surface area contributed by atoms with Crippen LogP contribution in [0.2, 0.25) is 0 Å². The van der Waals surface area contributed by atoms with Gasteiger partial charge in [-0.15, -0.1) is 0 Å². The van der Waals surface area contributed by atoms with E-state index in [1.165, 1.54) is 55.5 Å². The summed E-state index contributed by atoms with van der Waals surface area (Å²) in [7, 11) is 0. The van der Waals surface area contributed by atoms with Crippen LogP contribution < -0.4 is 0 Å². The van der Waals surface area contributed by atoms with Crippen molar-refractivity contribution >= 4 is 10.9 Å². The Labute approximate surface area is 377 Å². The average Bonchev–Trinajstić information content (AvgIpc) is 3.87. The first-order chi connectivity index (χ1) is 32.2. The third kappa shape index (κ3) is 5.77. The molecular weight excluding hydrogens is 789 g/mol. The number of hydrogen-bond acceptors (Lipinski definition) is 4. The predicted molar refractivity (Wildman–Crippen MR) is 264 cm³/mol. The Morgan fingerprint density at radius 2 is 0.723 bits per heavy atom. The molecule has 0 radical (unpaired) electrons. The molecular formula is C61H38N4. The van der Waals surface area contributed by atoms with Crippen LogP contribution in [0.15, 0.2) is 231 Å². The van der Waals surface area contributed by atoms with Crippen LogP contribution in [0.5, 0.6) is 0 Å². The fourth-order valence-electron chi connectivity index (χ4n) is 10.5. The van der Waals surface area contributed by atoms with E-state index in [4.69, 9.17) is 19.9 Å². The molecule has 1 spiro atoms. The van der Waals surface area contributed by atoms with Crippen LogP contribution >= 0.6 is 0 Å². The van der Waals surface area contributed by atoms with E-state index in [1.54, 1.807) is 0 Å². The first kappa shape index (κ1) is 37.0. The molecule has 0 fully saturated rings. The molecule has 0 saturated heterocycles. The van der Waals surface area contributed by atoms with Crippen LogP contribution in [0.25, 0.3) is 101 Å². The minimum atomic E-state index is -0.562. The monoisotopic (exact) mass is 826 g/mol. The number of para-hydroxylation sites is 1. The summed E-state index contributed by atoms with van der Waals surface area (Å²) >= 11 is 0. The topological polar surface area (TPSA) is 51.6 Å². The molecule has 65 heavy (non-hydrogen) atoms. The predicted octanol–water partition coefficient (Wildman–Crippen LogP) is 14.8. The lowest BCUT2D eigenvalue weighted by Crippen LogP contribution is -2.26. The van der Waals surface area contributed by atoms with E-state index in [-0.39, 0.29) is 0 Å². The van der Waals surface area contributed by atoms with Gasteiger partial charge in [0.15, 0.2) is 17.5 Å². The van der Waals surface area contributed by atoms with E-state index in [9.17, 15) is 0 Å². The van der Waals surface area contributed by atoms with Gasteiger partial charge in [-0.1, -0.05) is 206 Å². The maximum atomic E-state index is 5.44. The number of pyridine rings is 1. The molecule has 9 aromatic carbocycles. The van der Waals surface area contributed by atoms with Crippen molar-refractivity contribution in [3.05, 3.63) is 253 Å². The summed E-state index contributed by atoms with van der Waals surface area (Å²) in [5.41, 5.74) is 20.1. The van der Waals surface area contributed by atoms with Gasteiger partial charge in [0.2, 0.25) is 0 Å². The molecule has 0 amide bonds. The zero-order valence-electron chi connectivity index (χ0n) is 35.2. The lowest BCUT2D eigenvalue weighted by Gasteiger charge is -2.32. The minimum absolute atomic E-state index is 0.562. The molecule has 0 N–H and O–H groups in total. The third-order valence-corrected chi connectivity index (χ3v) is 13.3. The summed E-state index contributed by atoms with van der Waals surface area (Å²) in [4.78, 5) is 20.4. The van der Waals surface area contributed by atoms with Crippen LogP contribution in [0, 0.1) is 0 Å². The zero-order chi connectivity index (χ0) is 42.9. The number of nitrogens with zero attached hydrogens (tertiary/aromatic N) is 4. The first-order valence-electron chi connectivity index (χ1n) is 22.1. The zero-order valence-corrected chi connectivity index (χ0v) is 35.2. The van der Waals surface area contributed by atoms with Crippen molar-refractivity contribution in [1.82, 2.24) is 19.9 Å². The van der Waals surface area contributed by atoms with Crippen LogP contribution in [0.1, 0.15) is 22.3 Å². The Kier molecular flexibility index (Phi) is 8.40. The maximum Gasteiger partial charge on any atom is 0.164 e. The molecule has 1 atom stereocenters. The van der Waals surface area contributed by atoms with Crippen molar-refractivity contribution in [2.24, 2.45) is 0 Å². The van der Waals surface area contributed by atoms with Crippen molar-refractivity contribution in [3.63, 3.8) is 0 Å². The molecule has 0 saturated carbocycles. The highest BCUT2D eigenvalue weighted by Crippen LogP contribution is 2.65. The molecule has 11 aromatic rings. The van der Waals surface area contributed by atoms with E-state index in [0.717, 1.165) is 50.2 Å². The number of aromatic nitrogens is 4. The summed E-state index contributed by atoms with van der Waals surface area (Å²) in [6.45, 7) is 0. The van der Waals surface area contributed by atoms with Gasteiger partial charge < -0.3 is 0 Å². The van der Waals surface area contributed by atoms with Crippen molar-refractivity contribution in [3.8, 4) is 89.9 Å². The Morgan fingerprint density at radius 1 is 0.277 bits per heavy atom. The fraction of sp³-hybridized carbons (Fsp3) is 0.0164. The van der Waals surface area contributed by atoms with Gasteiger partial charge in [-0.05, 0) is 85.5 Å². The summed E-state index contributed by atoms with van der Waals surface area (Å²) in [6.07, 6.45) is 0. The second kappa shape index (κ2) is 14.8. The van der Waals surface area contributed by atoms with Gasteiger partial charge in [-0.25, -0.2) is 19.9 Å². The van der Waals surface area contributed by atoms with Crippen molar-refractivity contribution in [2.45, 2.75) is 5.41 Å². The number of fused-ring (bicyclic) bond motifs is 12. The third-order valence-electron chi connectivity index (χ3n) is 13.3. The van der Waals surface area contributed by atoms with E-state index in [2.05, 4.69) is 170 Å². The second-order valence-electron chi connectivity index (χ2n) is 16.9. The van der Waals surface area contributed by atoms with Gasteiger partial charge in [0.05, 0.1) is 16.6 Å². The summed E-state index contributed by atoms with van der Waals surface area (Å²) in [6, 6.07) is 82.3. The largest absolute Gasteiger partial charge is 0.247 e. The molecule has 4 heteroatoms. The summed E-state index contributed by atoms with van der Waals surface area (Å²) in [5, 5.41) is 1.18. The van der Waals surface area contributed by atoms with E-state index in [1.807, 2.05) is 60.7 Å². The molecule has 0 aliphatic heterocycles. The van der Waals surface area contributed by atoms with Crippen LogP contribution in [0.3, 0.4) is 0 Å². The molecule has 2 aliphatic carbocycles. The van der Waals surface area contributed by atoms with E-state index >= 15 is 0 Å². The van der Waals surface area contributed by atoms with Gasteiger partial charge in [0.25, 0.3) is 0 Å². The molecule has 302 valence electrons. The minimum Gasteiger partial charge on any atom is -0.247 e. The van der Waals surface area contributed by atoms with E-state index in [0.29, 0.717) is 17.5 Å². The SMILES string of the molecule is c1ccc(-c2nc(-c3ccccc3)nc(-c3cccc(-c4cccc(-c5ccc6c(c5)C5(c7ccccc7-6)c6ccccc6-c6c(-c7ccccc7)nc7ccccc7c65)c4)c3)n2)cc1. The smallest absolute Gasteiger partial charge is 0.164 e. The average molecular weight is 827 g/mol. The van der Waals surface area contributed by atoms with Gasteiger partial charge in [-0.2, -0.15) is 0 Å². The maximum absolute atomic E-state index is 5.44. The van der Waals surface area contributed by atoms with Crippen molar-refractivity contribution in [2.75, 3.05) is 0 Å². The van der Waals surface area contributed by atoms with Gasteiger partial charge in [0.1, 0.15) is 0 Å².